The number of aromatic nitrogens is 1. The summed E-state index contributed by atoms with van der Waals surface area (Å²) in [6.45, 7) is 4.28. The molecule has 0 saturated heterocycles. The van der Waals surface area contributed by atoms with Gasteiger partial charge in [0, 0.05) is 18.3 Å². The Balaban J connectivity index is 2.13. The third-order valence-corrected chi connectivity index (χ3v) is 2.69. The van der Waals surface area contributed by atoms with Crippen LogP contribution in [0.3, 0.4) is 0 Å². The molecule has 0 aliphatic rings. The lowest BCUT2D eigenvalue weighted by atomic mass is 10.1. The van der Waals surface area contributed by atoms with Crippen LogP contribution in [0.5, 0.6) is 17.4 Å². The summed E-state index contributed by atoms with van der Waals surface area (Å²) in [6.07, 6.45) is 1.85. The predicted octanol–water partition coefficient (Wildman–Crippen LogP) is 4.01. The van der Waals surface area contributed by atoms with Gasteiger partial charge >= 0.3 is 0 Å². The van der Waals surface area contributed by atoms with Gasteiger partial charge in [-0.3, -0.25) is 0 Å². The molecule has 0 atom stereocenters. The second kappa shape index (κ2) is 5.54. The summed E-state index contributed by atoms with van der Waals surface area (Å²) in [5.74, 6) is 2.56. The Morgan fingerprint density at radius 1 is 1.06 bits per heavy atom. The first-order valence-corrected chi connectivity index (χ1v) is 5.97. The third kappa shape index (κ3) is 3.00. The first-order valence-electron chi connectivity index (χ1n) is 5.97. The van der Waals surface area contributed by atoms with E-state index in [0.29, 0.717) is 11.8 Å². The maximum absolute atomic E-state index is 5.66. The lowest BCUT2D eigenvalue weighted by Crippen LogP contribution is -1.92. The standard InChI is InChI=1S/C15H17NO2/c1-11(2)12-7-8-15(16-10-12)18-14-6-4-5-13(9-14)17-3/h4-11H,1-3H3. The van der Waals surface area contributed by atoms with Crippen LogP contribution in [0, 0.1) is 0 Å². The molecule has 0 N–H and O–H groups in total. The van der Waals surface area contributed by atoms with E-state index in [-0.39, 0.29) is 0 Å². The van der Waals surface area contributed by atoms with Crippen LogP contribution in [0.15, 0.2) is 42.6 Å². The van der Waals surface area contributed by atoms with E-state index in [1.54, 1.807) is 7.11 Å². The maximum Gasteiger partial charge on any atom is 0.219 e. The van der Waals surface area contributed by atoms with E-state index < -0.39 is 0 Å². The van der Waals surface area contributed by atoms with Crippen molar-refractivity contribution >= 4 is 0 Å². The highest BCUT2D eigenvalue weighted by Crippen LogP contribution is 2.24. The zero-order chi connectivity index (χ0) is 13.0. The molecule has 1 aromatic heterocycles. The molecule has 0 aliphatic carbocycles. The molecule has 1 aromatic carbocycles. The molecular formula is C15H17NO2. The van der Waals surface area contributed by atoms with E-state index in [1.807, 2.05) is 42.6 Å². The van der Waals surface area contributed by atoms with Crippen molar-refractivity contribution in [2.75, 3.05) is 7.11 Å². The molecule has 3 nitrogen and oxygen atoms in total. The van der Waals surface area contributed by atoms with Gasteiger partial charge in [0.1, 0.15) is 11.5 Å². The van der Waals surface area contributed by atoms with Crippen LogP contribution in [-0.2, 0) is 0 Å². The van der Waals surface area contributed by atoms with E-state index in [2.05, 4.69) is 18.8 Å². The Hall–Kier alpha value is -2.03. The number of ether oxygens (including phenoxy) is 2. The van der Waals surface area contributed by atoms with Gasteiger partial charge < -0.3 is 9.47 Å². The minimum Gasteiger partial charge on any atom is -0.497 e. The third-order valence-electron chi connectivity index (χ3n) is 2.69. The van der Waals surface area contributed by atoms with Crippen LogP contribution >= 0.6 is 0 Å². The molecule has 0 radical (unpaired) electrons. The predicted molar refractivity (Wildman–Crippen MR) is 71.4 cm³/mol. The van der Waals surface area contributed by atoms with Crippen molar-refractivity contribution in [3.8, 4) is 17.4 Å². The monoisotopic (exact) mass is 243 g/mol. The summed E-state index contributed by atoms with van der Waals surface area (Å²) in [7, 11) is 1.63. The van der Waals surface area contributed by atoms with Crippen LogP contribution in [-0.4, -0.2) is 12.1 Å². The highest BCUT2D eigenvalue weighted by atomic mass is 16.5. The molecule has 3 heteroatoms. The topological polar surface area (TPSA) is 31.4 Å². The van der Waals surface area contributed by atoms with E-state index in [0.717, 1.165) is 11.5 Å². The van der Waals surface area contributed by atoms with Crippen molar-refractivity contribution in [3.63, 3.8) is 0 Å². The van der Waals surface area contributed by atoms with E-state index >= 15 is 0 Å². The molecule has 0 saturated carbocycles. The fourth-order valence-corrected chi connectivity index (χ4v) is 1.58. The maximum atomic E-state index is 5.66. The molecule has 0 amide bonds. The van der Waals surface area contributed by atoms with Crippen LogP contribution in [0.25, 0.3) is 0 Å². The van der Waals surface area contributed by atoms with Crippen molar-refractivity contribution in [1.82, 2.24) is 4.98 Å². The van der Waals surface area contributed by atoms with Gasteiger partial charge in [0.2, 0.25) is 5.88 Å². The van der Waals surface area contributed by atoms with Crippen molar-refractivity contribution in [2.45, 2.75) is 19.8 Å². The summed E-state index contributed by atoms with van der Waals surface area (Å²) < 4.78 is 10.8. The lowest BCUT2D eigenvalue weighted by Gasteiger charge is -2.08. The second-order valence-corrected chi connectivity index (χ2v) is 4.37. The molecular weight excluding hydrogens is 226 g/mol. The number of nitrogens with zero attached hydrogens (tertiary/aromatic N) is 1. The van der Waals surface area contributed by atoms with Gasteiger partial charge in [0.15, 0.2) is 0 Å². The Morgan fingerprint density at radius 2 is 1.83 bits per heavy atom. The fraction of sp³-hybridized carbons (Fsp3) is 0.267. The average Bonchev–Trinajstić information content (AvgIpc) is 2.39. The average molecular weight is 243 g/mol. The first-order chi connectivity index (χ1) is 8.69. The quantitative estimate of drug-likeness (QED) is 0.813. The number of hydrogen-bond acceptors (Lipinski definition) is 3. The fourth-order valence-electron chi connectivity index (χ4n) is 1.58. The number of hydrogen-bond donors (Lipinski definition) is 0. The van der Waals surface area contributed by atoms with E-state index in [9.17, 15) is 0 Å². The van der Waals surface area contributed by atoms with Gasteiger partial charge in [-0.1, -0.05) is 26.0 Å². The van der Waals surface area contributed by atoms with Crippen LogP contribution in [0.1, 0.15) is 25.3 Å². The minimum atomic E-state index is 0.475. The SMILES string of the molecule is COc1cccc(Oc2ccc(C(C)C)cn2)c1. The zero-order valence-corrected chi connectivity index (χ0v) is 10.9. The molecule has 94 valence electrons. The summed E-state index contributed by atoms with van der Waals surface area (Å²) in [5.41, 5.74) is 1.20. The highest BCUT2D eigenvalue weighted by Gasteiger charge is 2.02. The molecule has 1 heterocycles. The van der Waals surface area contributed by atoms with Crippen molar-refractivity contribution < 1.29 is 9.47 Å². The summed E-state index contributed by atoms with van der Waals surface area (Å²) in [6, 6.07) is 11.4. The zero-order valence-electron chi connectivity index (χ0n) is 10.9. The smallest absolute Gasteiger partial charge is 0.219 e. The number of methoxy groups -OCH3 is 1. The first kappa shape index (κ1) is 12.4. The number of rotatable bonds is 4. The Kier molecular flexibility index (Phi) is 3.82. The van der Waals surface area contributed by atoms with Gasteiger partial charge in [0.25, 0.3) is 0 Å². The van der Waals surface area contributed by atoms with Crippen molar-refractivity contribution in [3.05, 3.63) is 48.2 Å². The minimum absolute atomic E-state index is 0.475. The van der Waals surface area contributed by atoms with E-state index in [4.69, 9.17) is 9.47 Å². The van der Waals surface area contributed by atoms with Gasteiger partial charge in [-0.15, -0.1) is 0 Å². The highest BCUT2D eigenvalue weighted by molar-refractivity contribution is 5.35. The molecule has 18 heavy (non-hydrogen) atoms. The molecule has 0 unspecified atom stereocenters. The normalized spacial score (nSPS) is 10.4. The molecule has 0 aliphatic heterocycles. The second-order valence-electron chi connectivity index (χ2n) is 4.37. The van der Waals surface area contributed by atoms with Crippen LogP contribution < -0.4 is 9.47 Å². The van der Waals surface area contributed by atoms with Crippen molar-refractivity contribution in [2.24, 2.45) is 0 Å². The lowest BCUT2D eigenvalue weighted by molar-refractivity contribution is 0.407. The van der Waals surface area contributed by atoms with Gasteiger partial charge in [-0.25, -0.2) is 4.98 Å². The Bertz CT molecular complexity index is 506. The number of benzene rings is 1. The number of pyridine rings is 1. The van der Waals surface area contributed by atoms with Gasteiger partial charge in [-0.2, -0.15) is 0 Å². The molecule has 0 fully saturated rings. The largest absolute Gasteiger partial charge is 0.497 e. The molecule has 0 bridgehead atoms. The van der Waals surface area contributed by atoms with Gasteiger partial charge in [0.05, 0.1) is 7.11 Å². The van der Waals surface area contributed by atoms with Crippen LogP contribution in [0.2, 0.25) is 0 Å². The Morgan fingerprint density at radius 3 is 2.44 bits per heavy atom. The Labute approximate surface area is 107 Å². The molecule has 2 aromatic rings. The summed E-state index contributed by atoms with van der Waals surface area (Å²) >= 11 is 0. The molecule has 0 spiro atoms. The molecule has 2 rings (SSSR count). The summed E-state index contributed by atoms with van der Waals surface area (Å²) in [4.78, 5) is 4.29. The van der Waals surface area contributed by atoms with Crippen molar-refractivity contribution in [1.29, 1.82) is 0 Å². The van der Waals surface area contributed by atoms with Crippen LogP contribution in [0.4, 0.5) is 0 Å². The van der Waals surface area contributed by atoms with Gasteiger partial charge in [-0.05, 0) is 23.6 Å². The van der Waals surface area contributed by atoms with E-state index in [1.165, 1.54) is 5.56 Å². The summed E-state index contributed by atoms with van der Waals surface area (Å²) in [5, 5.41) is 0.